The van der Waals surface area contributed by atoms with Gasteiger partial charge in [0.1, 0.15) is 5.69 Å². The highest BCUT2D eigenvalue weighted by Gasteiger charge is 2.13. The molecule has 0 saturated carbocycles. The van der Waals surface area contributed by atoms with Gasteiger partial charge in [0.15, 0.2) is 5.82 Å². The van der Waals surface area contributed by atoms with E-state index in [2.05, 4.69) is 15.0 Å². The zero-order valence-corrected chi connectivity index (χ0v) is 11.1. The molecule has 1 N–H and O–H groups in total. The third kappa shape index (κ3) is 2.93. The molecule has 2 aromatic heterocycles. The normalized spacial score (nSPS) is 10.5. The molecule has 0 saturated heterocycles. The first-order valence-electron chi connectivity index (χ1n) is 5.96. The van der Waals surface area contributed by atoms with E-state index in [0.717, 1.165) is 5.56 Å². The highest BCUT2D eigenvalue weighted by molar-refractivity contribution is 5.71. The van der Waals surface area contributed by atoms with Crippen molar-refractivity contribution in [2.24, 2.45) is 0 Å². The third-order valence-electron chi connectivity index (χ3n) is 2.89. The average molecular weight is 257 g/mol. The van der Waals surface area contributed by atoms with Crippen LogP contribution in [0.5, 0.6) is 0 Å². The molecule has 0 aliphatic carbocycles. The topological polar surface area (TPSA) is 76.0 Å². The lowest BCUT2D eigenvalue weighted by molar-refractivity contribution is -0.136. The predicted octanol–water partition coefficient (Wildman–Crippen LogP) is 2.09. The highest BCUT2D eigenvalue weighted by Crippen LogP contribution is 2.18. The van der Waals surface area contributed by atoms with Crippen molar-refractivity contribution in [2.45, 2.75) is 27.2 Å². The number of hydrogen-bond acceptors (Lipinski definition) is 4. The molecule has 2 aromatic rings. The van der Waals surface area contributed by atoms with Crippen LogP contribution in [0.4, 0.5) is 0 Å². The maximum atomic E-state index is 10.8. The van der Waals surface area contributed by atoms with Crippen LogP contribution in [0.1, 0.15) is 22.5 Å². The number of hydrogen-bond donors (Lipinski definition) is 1. The van der Waals surface area contributed by atoms with E-state index in [-0.39, 0.29) is 6.42 Å². The number of aromatic nitrogens is 3. The molecule has 0 spiro atoms. The van der Waals surface area contributed by atoms with E-state index < -0.39 is 5.97 Å². The molecule has 2 rings (SSSR count). The maximum Gasteiger partial charge on any atom is 0.307 e. The van der Waals surface area contributed by atoms with Crippen LogP contribution in [0.3, 0.4) is 0 Å². The summed E-state index contributed by atoms with van der Waals surface area (Å²) in [6.45, 7) is 5.57. The highest BCUT2D eigenvalue weighted by atomic mass is 16.4. The molecule has 0 amide bonds. The van der Waals surface area contributed by atoms with Gasteiger partial charge in [-0.3, -0.25) is 9.78 Å². The van der Waals surface area contributed by atoms with Crippen molar-refractivity contribution in [3.8, 4) is 11.5 Å². The molecule has 19 heavy (non-hydrogen) atoms. The van der Waals surface area contributed by atoms with Crippen molar-refractivity contribution >= 4 is 5.97 Å². The van der Waals surface area contributed by atoms with Crippen LogP contribution < -0.4 is 0 Å². The van der Waals surface area contributed by atoms with Crippen LogP contribution in [0, 0.1) is 20.8 Å². The summed E-state index contributed by atoms with van der Waals surface area (Å²) in [5.41, 5.74) is 3.83. The van der Waals surface area contributed by atoms with Crippen LogP contribution in [-0.2, 0) is 11.2 Å². The SMILES string of the molecule is Cc1ccnc(-c2nc(C)c(CC(=O)O)c(C)n2)c1. The standard InChI is InChI=1S/C14H15N3O2/c1-8-4-5-15-12(6-8)14-16-9(2)11(7-13(18)19)10(3)17-14/h4-6H,7H2,1-3H3,(H,18,19). The van der Waals surface area contributed by atoms with E-state index in [4.69, 9.17) is 5.11 Å². The van der Waals surface area contributed by atoms with Gasteiger partial charge in [0.25, 0.3) is 0 Å². The van der Waals surface area contributed by atoms with E-state index in [9.17, 15) is 4.79 Å². The zero-order valence-electron chi connectivity index (χ0n) is 11.1. The minimum Gasteiger partial charge on any atom is -0.481 e. The smallest absolute Gasteiger partial charge is 0.307 e. The van der Waals surface area contributed by atoms with Crippen molar-refractivity contribution in [1.82, 2.24) is 15.0 Å². The van der Waals surface area contributed by atoms with E-state index in [1.54, 1.807) is 20.0 Å². The van der Waals surface area contributed by atoms with Gasteiger partial charge >= 0.3 is 5.97 Å². The van der Waals surface area contributed by atoms with Crippen LogP contribution in [0.15, 0.2) is 18.3 Å². The van der Waals surface area contributed by atoms with E-state index in [1.165, 1.54) is 0 Å². The van der Waals surface area contributed by atoms with Gasteiger partial charge in [-0.25, -0.2) is 9.97 Å². The fourth-order valence-corrected chi connectivity index (χ4v) is 1.92. The monoisotopic (exact) mass is 257 g/mol. The Morgan fingerprint density at radius 1 is 1.21 bits per heavy atom. The summed E-state index contributed by atoms with van der Waals surface area (Å²) in [6, 6.07) is 3.81. The third-order valence-corrected chi connectivity index (χ3v) is 2.89. The van der Waals surface area contributed by atoms with E-state index >= 15 is 0 Å². The number of nitrogens with zero attached hydrogens (tertiary/aromatic N) is 3. The van der Waals surface area contributed by atoms with Crippen molar-refractivity contribution in [2.75, 3.05) is 0 Å². The summed E-state index contributed by atoms with van der Waals surface area (Å²) >= 11 is 0. The minimum absolute atomic E-state index is 0.0564. The average Bonchev–Trinajstić information content (AvgIpc) is 2.33. The molecule has 2 heterocycles. The summed E-state index contributed by atoms with van der Waals surface area (Å²) in [4.78, 5) is 23.8. The fourth-order valence-electron chi connectivity index (χ4n) is 1.92. The summed E-state index contributed by atoms with van der Waals surface area (Å²) in [5.74, 6) is -0.343. The molecule has 0 bridgehead atoms. The number of aliphatic carboxylic acids is 1. The lowest BCUT2D eigenvalue weighted by Crippen LogP contribution is -2.08. The van der Waals surface area contributed by atoms with E-state index in [1.807, 2.05) is 19.1 Å². The Balaban J connectivity index is 2.48. The number of carbonyl (C=O) groups is 1. The fraction of sp³-hybridized carbons (Fsp3) is 0.286. The zero-order chi connectivity index (χ0) is 14.0. The van der Waals surface area contributed by atoms with Gasteiger partial charge in [-0.2, -0.15) is 0 Å². The van der Waals surface area contributed by atoms with Gasteiger partial charge in [-0.1, -0.05) is 0 Å². The lowest BCUT2D eigenvalue weighted by atomic mass is 10.1. The van der Waals surface area contributed by atoms with Crippen LogP contribution in [-0.4, -0.2) is 26.0 Å². The molecule has 0 radical (unpaired) electrons. The molecule has 0 fully saturated rings. The van der Waals surface area contributed by atoms with Gasteiger partial charge in [0.2, 0.25) is 0 Å². The second-order valence-electron chi connectivity index (χ2n) is 4.49. The molecule has 0 unspecified atom stereocenters. The molecular formula is C14H15N3O2. The largest absolute Gasteiger partial charge is 0.481 e. The van der Waals surface area contributed by atoms with Crippen molar-refractivity contribution in [3.63, 3.8) is 0 Å². The number of aryl methyl sites for hydroxylation is 3. The molecular weight excluding hydrogens is 242 g/mol. The Kier molecular flexibility index (Phi) is 3.55. The Morgan fingerprint density at radius 2 is 1.84 bits per heavy atom. The van der Waals surface area contributed by atoms with Gasteiger partial charge < -0.3 is 5.11 Å². The second-order valence-corrected chi connectivity index (χ2v) is 4.49. The Labute approximate surface area is 111 Å². The second kappa shape index (κ2) is 5.14. The minimum atomic E-state index is -0.878. The Morgan fingerprint density at radius 3 is 2.37 bits per heavy atom. The Bertz CT molecular complexity index is 615. The van der Waals surface area contributed by atoms with Crippen LogP contribution >= 0.6 is 0 Å². The quantitative estimate of drug-likeness (QED) is 0.911. The molecule has 98 valence electrons. The Hall–Kier alpha value is -2.30. The predicted molar refractivity (Wildman–Crippen MR) is 70.8 cm³/mol. The van der Waals surface area contributed by atoms with Gasteiger partial charge in [-0.15, -0.1) is 0 Å². The molecule has 5 heteroatoms. The van der Waals surface area contributed by atoms with Crippen LogP contribution in [0.25, 0.3) is 11.5 Å². The first-order chi connectivity index (χ1) is 8.97. The number of pyridine rings is 1. The molecule has 0 aliphatic heterocycles. The first-order valence-corrected chi connectivity index (χ1v) is 5.96. The number of rotatable bonds is 3. The van der Waals surface area contributed by atoms with Gasteiger partial charge in [0, 0.05) is 23.1 Å². The number of carboxylic acid groups (broad SMARTS) is 1. The molecule has 5 nitrogen and oxygen atoms in total. The van der Waals surface area contributed by atoms with Crippen molar-refractivity contribution in [1.29, 1.82) is 0 Å². The first kappa shape index (κ1) is 13.1. The van der Waals surface area contributed by atoms with Gasteiger partial charge in [0.05, 0.1) is 6.42 Å². The number of carboxylic acids is 1. The molecule has 0 atom stereocenters. The summed E-state index contributed by atoms with van der Waals surface area (Å²) in [7, 11) is 0. The summed E-state index contributed by atoms with van der Waals surface area (Å²) in [5, 5.41) is 8.87. The summed E-state index contributed by atoms with van der Waals surface area (Å²) in [6.07, 6.45) is 1.66. The molecule has 0 aromatic carbocycles. The van der Waals surface area contributed by atoms with Gasteiger partial charge in [-0.05, 0) is 38.5 Å². The van der Waals surface area contributed by atoms with Crippen molar-refractivity contribution in [3.05, 3.63) is 40.8 Å². The summed E-state index contributed by atoms with van der Waals surface area (Å²) < 4.78 is 0. The van der Waals surface area contributed by atoms with E-state index in [0.29, 0.717) is 28.5 Å². The maximum absolute atomic E-state index is 10.8. The lowest BCUT2D eigenvalue weighted by Gasteiger charge is -2.09. The molecule has 0 aliphatic rings. The van der Waals surface area contributed by atoms with Crippen LogP contribution in [0.2, 0.25) is 0 Å². The van der Waals surface area contributed by atoms with Crippen molar-refractivity contribution < 1.29 is 9.90 Å².